The third kappa shape index (κ3) is 2.30. The summed E-state index contributed by atoms with van der Waals surface area (Å²) in [6.45, 7) is 3.13. The van der Waals surface area contributed by atoms with Gasteiger partial charge in [-0.1, -0.05) is 0 Å². The highest BCUT2D eigenvalue weighted by atomic mass is 16.7. The molecule has 0 radical (unpaired) electrons. The van der Waals surface area contributed by atoms with Crippen molar-refractivity contribution in [2.24, 2.45) is 5.73 Å². The van der Waals surface area contributed by atoms with Crippen LogP contribution < -0.4 is 5.73 Å². The zero-order valence-electron chi connectivity index (χ0n) is 5.67. The molecule has 0 aliphatic carbocycles. The van der Waals surface area contributed by atoms with Gasteiger partial charge in [-0.15, -0.1) is 0 Å². The van der Waals surface area contributed by atoms with Crippen molar-refractivity contribution in [2.45, 2.75) is 25.5 Å². The van der Waals surface area contributed by atoms with Crippen LogP contribution in [0.5, 0.6) is 0 Å². The number of rotatable bonds is 2. The average molecular weight is 131 g/mol. The van der Waals surface area contributed by atoms with Gasteiger partial charge in [-0.3, -0.25) is 0 Å². The molecular formula is C6H13NO2. The lowest BCUT2D eigenvalue weighted by atomic mass is 10.2. The topological polar surface area (TPSA) is 44.5 Å². The predicted molar refractivity (Wildman–Crippen MR) is 34.0 cm³/mol. The fraction of sp³-hybridized carbons (Fsp3) is 1.00. The van der Waals surface area contributed by atoms with E-state index in [4.69, 9.17) is 15.2 Å². The average Bonchev–Trinajstić information content (AvgIpc) is 2.15. The van der Waals surface area contributed by atoms with Gasteiger partial charge in [-0.25, -0.2) is 0 Å². The molecule has 0 saturated carbocycles. The first-order valence-electron chi connectivity index (χ1n) is 3.24. The number of nitrogens with two attached hydrogens (primary N) is 1. The third-order valence-corrected chi connectivity index (χ3v) is 1.33. The van der Waals surface area contributed by atoms with E-state index >= 15 is 0 Å². The molecule has 1 heterocycles. The molecule has 0 bridgehead atoms. The van der Waals surface area contributed by atoms with Crippen molar-refractivity contribution in [3.8, 4) is 0 Å². The van der Waals surface area contributed by atoms with E-state index in [0.29, 0.717) is 13.4 Å². The minimum atomic E-state index is 0.219. The van der Waals surface area contributed by atoms with E-state index in [1.807, 2.05) is 6.92 Å². The first-order chi connectivity index (χ1) is 4.29. The normalized spacial score (nSPS) is 30.7. The van der Waals surface area contributed by atoms with Crippen molar-refractivity contribution in [2.75, 3.05) is 13.4 Å². The number of hydrogen-bond donors (Lipinski definition) is 1. The maximum Gasteiger partial charge on any atom is 0.147 e. The van der Waals surface area contributed by atoms with Gasteiger partial charge in [-0.2, -0.15) is 0 Å². The van der Waals surface area contributed by atoms with Crippen LogP contribution in [0.2, 0.25) is 0 Å². The second kappa shape index (κ2) is 3.15. The molecule has 9 heavy (non-hydrogen) atoms. The predicted octanol–water partition coefficient (Wildman–Crippen LogP) is 0.0966. The molecule has 1 rings (SSSR count). The molecule has 2 N–H and O–H groups in total. The zero-order valence-corrected chi connectivity index (χ0v) is 5.67. The van der Waals surface area contributed by atoms with E-state index in [1.165, 1.54) is 0 Å². The fourth-order valence-corrected chi connectivity index (χ4v) is 0.923. The van der Waals surface area contributed by atoms with Crippen LogP contribution in [0.4, 0.5) is 0 Å². The Labute approximate surface area is 55.1 Å². The molecule has 1 fully saturated rings. The third-order valence-electron chi connectivity index (χ3n) is 1.33. The molecule has 3 heteroatoms. The van der Waals surface area contributed by atoms with Crippen LogP contribution in [0, 0.1) is 0 Å². The van der Waals surface area contributed by atoms with E-state index in [1.54, 1.807) is 0 Å². The molecule has 0 aromatic rings. The highest BCUT2D eigenvalue weighted by molar-refractivity contribution is 4.65. The summed E-state index contributed by atoms with van der Waals surface area (Å²) in [5.41, 5.74) is 5.54. The summed E-state index contributed by atoms with van der Waals surface area (Å²) >= 11 is 0. The molecule has 3 nitrogen and oxygen atoms in total. The molecule has 54 valence electrons. The van der Waals surface area contributed by atoms with Crippen molar-refractivity contribution in [3.63, 3.8) is 0 Å². The van der Waals surface area contributed by atoms with Crippen LogP contribution in [0.3, 0.4) is 0 Å². The van der Waals surface area contributed by atoms with Gasteiger partial charge >= 0.3 is 0 Å². The fourth-order valence-electron chi connectivity index (χ4n) is 0.923. The Morgan fingerprint density at radius 1 is 1.78 bits per heavy atom. The molecule has 0 spiro atoms. The van der Waals surface area contributed by atoms with Crippen molar-refractivity contribution < 1.29 is 9.47 Å². The Hall–Kier alpha value is -0.120. The lowest BCUT2D eigenvalue weighted by molar-refractivity contribution is 0.0434. The van der Waals surface area contributed by atoms with Crippen molar-refractivity contribution in [3.05, 3.63) is 0 Å². The van der Waals surface area contributed by atoms with Crippen LogP contribution in [-0.2, 0) is 9.47 Å². The van der Waals surface area contributed by atoms with Gasteiger partial charge in [0.1, 0.15) is 6.79 Å². The number of hydrogen-bond acceptors (Lipinski definition) is 3. The van der Waals surface area contributed by atoms with Gasteiger partial charge in [0.05, 0.1) is 12.7 Å². The molecule has 2 atom stereocenters. The quantitative estimate of drug-likeness (QED) is 0.578. The van der Waals surface area contributed by atoms with Crippen LogP contribution in [0.15, 0.2) is 0 Å². The Kier molecular flexibility index (Phi) is 2.45. The van der Waals surface area contributed by atoms with Gasteiger partial charge in [-0.05, 0) is 13.3 Å². The van der Waals surface area contributed by atoms with Crippen LogP contribution in [-0.4, -0.2) is 25.5 Å². The van der Waals surface area contributed by atoms with E-state index in [9.17, 15) is 0 Å². The standard InChI is InChI=1S/C6H13NO2/c1-5(7)2-6-3-8-4-9-6/h5-6H,2-4,7H2,1H3. The number of ether oxygens (including phenoxy) is 2. The molecule has 0 amide bonds. The van der Waals surface area contributed by atoms with E-state index in [0.717, 1.165) is 6.42 Å². The van der Waals surface area contributed by atoms with E-state index < -0.39 is 0 Å². The minimum Gasteiger partial charge on any atom is -0.353 e. The molecule has 0 aromatic heterocycles. The van der Waals surface area contributed by atoms with Crippen LogP contribution in [0.25, 0.3) is 0 Å². The summed E-state index contributed by atoms with van der Waals surface area (Å²) in [5, 5.41) is 0. The summed E-state index contributed by atoms with van der Waals surface area (Å²) in [5.74, 6) is 0. The second-order valence-corrected chi connectivity index (χ2v) is 2.49. The van der Waals surface area contributed by atoms with Crippen molar-refractivity contribution in [1.29, 1.82) is 0 Å². The van der Waals surface area contributed by atoms with Gasteiger partial charge in [0.15, 0.2) is 0 Å². The summed E-state index contributed by atoms with van der Waals surface area (Å²) in [6.07, 6.45) is 1.14. The Morgan fingerprint density at radius 3 is 3.00 bits per heavy atom. The van der Waals surface area contributed by atoms with E-state index in [2.05, 4.69) is 0 Å². The van der Waals surface area contributed by atoms with Crippen LogP contribution in [0.1, 0.15) is 13.3 Å². The largest absolute Gasteiger partial charge is 0.353 e. The first-order valence-corrected chi connectivity index (χ1v) is 3.24. The van der Waals surface area contributed by atoms with Crippen molar-refractivity contribution >= 4 is 0 Å². The summed E-state index contributed by atoms with van der Waals surface area (Å²) in [6, 6.07) is 0.219. The lowest BCUT2D eigenvalue weighted by Gasteiger charge is -2.08. The van der Waals surface area contributed by atoms with Gasteiger partial charge in [0.2, 0.25) is 0 Å². The Morgan fingerprint density at radius 2 is 2.56 bits per heavy atom. The molecule has 0 aromatic carbocycles. The summed E-state index contributed by atoms with van der Waals surface area (Å²) < 4.78 is 10.1. The molecule has 1 aliphatic heterocycles. The summed E-state index contributed by atoms with van der Waals surface area (Å²) in [7, 11) is 0. The lowest BCUT2D eigenvalue weighted by Crippen LogP contribution is -2.23. The van der Waals surface area contributed by atoms with E-state index in [-0.39, 0.29) is 12.1 Å². The molecule has 2 unspecified atom stereocenters. The maximum atomic E-state index is 5.54. The van der Waals surface area contributed by atoms with Gasteiger partial charge < -0.3 is 15.2 Å². The van der Waals surface area contributed by atoms with Crippen molar-refractivity contribution in [1.82, 2.24) is 0 Å². The maximum absolute atomic E-state index is 5.54. The monoisotopic (exact) mass is 131 g/mol. The highest BCUT2D eigenvalue weighted by Crippen LogP contribution is 2.07. The second-order valence-electron chi connectivity index (χ2n) is 2.49. The Balaban J connectivity index is 2.11. The SMILES string of the molecule is CC(N)CC1COCO1. The first kappa shape index (κ1) is 6.99. The molecule has 1 aliphatic rings. The summed E-state index contributed by atoms with van der Waals surface area (Å²) in [4.78, 5) is 0. The van der Waals surface area contributed by atoms with Gasteiger partial charge in [0.25, 0.3) is 0 Å². The minimum absolute atomic E-state index is 0.219. The molecular weight excluding hydrogens is 118 g/mol. The Bertz CT molecular complexity index is 79.1. The highest BCUT2D eigenvalue weighted by Gasteiger charge is 2.16. The van der Waals surface area contributed by atoms with Gasteiger partial charge in [0, 0.05) is 6.04 Å². The smallest absolute Gasteiger partial charge is 0.147 e. The van der Waals surface area contributed by atoms with Crippen LogP contribution >= 0.6 is 0 Å². The molecule has 1 saturated heterocycles. The zero-order chi connectivity index (χ0) is 6.69.